The normalized spacial score (nSPS) is 17.2. The van der Waals surface area contributed by atoms with Crippen molar-refractivity contribution in [2.45, 2.75) is 12.5 Å². The molecule has 0 fully saturated rings. The van der Waals surface area contributed by atoms with Crippen molar-refractivity contribution >= 4 is 43.2 Å². The first-order valence-corrected chi connectivity index (χ1v) is 10.3. The maximum absolute atomic E-state index is 12.6. The molecule has 1 N–H and O–H groups in total. The number of rotatable bonds is 3. The zero-order valence-corrected chi connectivity index (χ0v) is 15.9. The number of nitrogens with one attached hydrogen (secondary N) is 1. The van der Waals surface area contributed by atoms with Crippen molar-refractivity contribution in [3.63, 3.8) is 0 Å². The lowest BCUT2D eigenvalue weighted by molar-refractivity contribution is -0.122. The van der Waals surface area contributed by atoms with E-state index in [1.54, 1.807) is 36.4 Å². The molecule has 25 heavy (non-hydrogen) atoms. The molecule has 0 aliphatic carbocycles. The van der Waals surface area contributed by atoms with Crippen LogP contribution in [0.5, 0.6) is 5.75 Å². The Hall–Kier alpha value is -2.06. The SMILES string of the molecule is CS(=O)(=O)N1CC[C@H](C(=O)Nc2cccc(Br)c2)Oc2ccccc21. The van der Waals surface area contributed by atoms with Crippen molar-refractivity contribution in [3.8, 4) is 5.75 Å². The van der Waals surface area contributed by atoms with Crippen LogP contribution in [0.15, 0.2) is 53.0 Å². The molecule has 0 spiro atoms. The number of benzene rings is 2. The van der Waals surface area contributed by atoms with Gasteiger partial charge in [-0.1, -0.05) is 34.1 Å². The Morgan fingerprint density at radius 2 is 2.00 bits per heavy atom. The van der Waals surface area contributed by atoms with Crippen molar-refractivity contribution in [1.82, 2.24) is 0 Å². The lowest BCUT2D eigenvalue weighted by atomic mass is 10.2. The van der Waals surface area contributed by atoms with Gasteiger partial charge < -0.3 is 10.1 Å². The molecule has 2 aromatic rings. The van der Waals surface area contributed by atoms with Gasteiger partial charge in [-0.2, -0.15) is 0 Å². The fourth-order valence-corrected chi connectivity index (χ4v) is 3.99. The summed E-state index contributed by atoms with van der Waals surface area (Å²) in [6, 6.07) is 14.0. The number of amides is 1. The van der Waals surface area contributed by atoms with Gasteiger partial charge in [-0.3, -0.25) is 9.10 Å². The highest BCUT2D eigenvalue weighted by molar-refractivity contribution is 9.10. The van der Waals surface area contributed by atoms with E-state index in [-0.39, 0.29) is 18.9 Å². The summed E-state index contributed by atoms with van der Waals surface area (Å²) < 4.78 is 32.1. The number of hydrogen-bond donors (Lipinski definition) is 1. The largest absolute Gasteiger partial charge is 0.478 e. The number of ether oxygens (including phenoxy) is 1. The average molecular weight is 425 g/mol. The summed E-state index contributed by atoms with van der Waals surface area (Å²) in [5.74, 6) is 0.0584. The Labute approximate surface area is 155 Å². The number of carbonyl (C=O) groups is 1. The fourth-order valence-electron chi connectivity index (χ4n) is 2.65. The minimum absolute atomic E-state index is 0.173. The maximum atomic E-state index is 12.6. The van der Waals surface area contributed by atoms with Gasteiger partial charge in [0.05, 0.1) is 11.9 Å². The van der Waals surface area contributed by atoms with E-state index >= 15 is 0 Å². The van der Waals surface area contributed by atoms with E-state index in [4.69, 9.17) is 4.74 Å². The van der Waals surface area contributed by atoms with Gasteiger partial charge in [0.2, 0.25) is 10.0 Å². The Bertz CT molecular complexity index is 901. The molecular formula is C17H17BrN2O4S. The van der Waals surface area contributed by atoms with Gasteiger partial charge in [0.1, 0.15) is 5.75 Å². The molecule has 0 saturated carbocycles. The smallest absolute Gasteiger partial charge is 0.265 e. The maximum Gasteiger partial charge on any atom is 0.265 e. The number of anilines is 2. The van der Waals surface area contributed by atoms with E-state index in [2.05, 4.69) is 21.2 Å². The standard InChI is InChI=1S/C17H17BrN2O4S/c1-25(22,23)20-10-9-16(24-15-8-3-2-7-14(15)20)17(21)19-13-6-4-5-12(18)11-13/h2-8,11,16H,9-10H2,1H3,(H,19,21)/t16-/m1/s1. The molecule has 0 aromatic heterocycles. The highest BCUT2D eigenvalue weighted by Crippen LogP contribution is 2.34. The van der Waals surface area contributed by atoms with E-state index < -0.39 is 16.1 Å². The Balaban J connectivity index is 1.85. The molecule has 0 unspecified atom stereocenters. The fraction of sp³-hybridized carbons (Fsp3) is 0.235. The lowest BCUT2D eigenvalue weighted by Gasteiger charge is -2.20. The molecule has 8 heteroatoms. The molecule has 0 bridgehead atoms. The minimum Gasteiger partial charge on any atom is -0.478 e. The van der Waals surface area contributed by atoms with Crippen LogP contribution in [0, 0.1) is 0 Å². The molecule has 132 valence electrons. The third-order valence-electron chi connectivity index (χ3n) is 3.78. The predicted molar refractivity (Wildman–Crippen MR) is 100 cm³/mol. The van der Waals surface area contributed by atoms with E-state index in [1.807, 2.05) is 12.1 Å². The minimum atomic E-state index is -3.46. The quantitative estimate of drug-likeness (QED) is 0.821. The molecule has 1 atom stereocenters. The number of para-hydroxylation sites is 2. The number of halogens is 1. The van der Waals surface area contributed by atoms with E-state index in [0.29, 0.717) is 17.1 Å². The molecule has 2 aromatic carbocycles. The molecule has 3 rings (SSSR count). The Morgan fingerprint density at radius 1 is 1.24 bits per heavy atom. The zero-order valence-electron chi connectivity index (χ0n) is 13.5. The highest BCUT2D eigenvalue weighted by atomic mass is 79.9. The molecule has 1 aliphatic rings. The van der Waals surface area contributed by atoms with Crippen molar-refractivity contribution in [3.05, 3.63) is 53.0 Å². The third kappa shape index (κ3) is 4.13. The molecule has 0 saturated heterocycles. The first-order chi connectivity index (χ1) is 11.8. The van der Waals surface area contributed by atoms with Crippen LogP contribution in [-0.2, 0) is 14.8 Å². The van der Waals surface area contributed by atoms with Gasteiger partial charge in [-0.15, -0.1) is 0 Å². The molecule has 6 nitrogen and oxygen atoms in total. The molecule has 1 aliphatic heterocycles. The van der Waals surface area contributed by atoms with Gasteiger partial charge in [0, 0.05) is 23.1 Å². The van der Waals surface area contributed by atoms with Crippen LogP contribution in [0.2, 0.25) is 0 Å². The molecule has 0 radical (unpaired) electrons. The van der Waals surface area contributed by atoms with Crippen LogP contribution >= 0.6 is 15.9 Å². The van der Waals surface area contributed by atoms with Gasteiger partial charge in [0.25, 0.3) is 5.91 Å². The second kappa shape index (κ2) is 7.05. The van der Waals surface area contributed by atoms with E-state index in [9.17, 15) is 13.2 Å². The number of nitrogens with zero attached hydrogens (tertiary/aromatic N) is 1. The van der Waals surface area contributed by atoms with Crippen LogP contribution in [0.3, 0.4) is 0 Å². The van der Waals surface area contributed by atoms with Crippen molar-refractivity contribution in [2.24, 2.45) is 0 Å². The first kappa shape index (κ1) is 17.8. The van der Waals surface area contributed by atoms with Crippen molar-refractivity contribution in [1.29, 1.82) is 0 Å². The summed E-state index contributed by atoms with van der Waals surface area (Å²) in [5, 5.41) is 2.80. The van der Waals surface area contributed by atoms with E-state index in [1.165, 1.54) is 4.31 Å². The van der Waals surface area contributed by atoms with Crippen LogP contribution in [0.1, 0.15) is 6.42 Å². The Kier molecular flexibility index (Phi) is 5.01. The van der Waals surface area contributed by atoms with Crippen molar-refractivity contribution in [2.75, 3.05) is 22.4 Å². The van der Waals surface area contributed by atoms with Crippen LogP contribution in [0.4, 0.5) is 11.4 Å². The van der Waals surface area contributed by atoms with Gasteiger partial charge in [-0.25, -0.2) is 8.42 Å². The summed E-state index contributed by atoms with van der Waals surface area (Å²) in [6.07, 6.45) is 0.611. The first-order valence-electron chi connectivity index (χ1n) is 7.64. The summed E-state index contributed by atoms with van der Waals surface area (Å²) in [6.45, 7) is 0.173. The lowest BCUT2D eigenvalue weighted by Crippen LogP contribution is -2.35. The van der Waals surface area contributed by atoms with Gasteiger partial charge in [0.15, 0.2) is 6.10 Å². The summed E-state index contributed by atoms with van der Waals surface area (Å²) in [7, 11) is -3.46. The molecule has 1 amide bonds. The van der Waals surface area contributed by atoms with Gasteiger partial charge in [-0.05, 0) is 30.3 Å². The predicted octanol–water partition coefficient (Wildman–Crippen LogP) is 3.00. The van der Waals surface area contributed by atoms with Crippen LogP contribution in [0.25, 0.3) is 0 Å². The summed E-state index contributed by atoms with van der Waals surface area (Å²) in [5.41, 5.74) is 1.09. The number of fused-ring (bicyclic) bond motifs is 1. The van der Waals surface area contributed by atoms with Crippen LogP contribution in [-0.4, -0.2) is 33.2 Å². The summed E-state index contributed by atoms with van der Waals surface area (Å²) >= 11 is 3.36. The van der Waals surface area contributed by atoms with E-state index in [0.717, 1.165) is 10.7 Å². The zero-order chi connectivity index (χ0) is 18.0. The number of hydrogen-bond acceptors (Lipinski definition) is 4. The topological polar surface area (TPSA) is 75.7 Å². The second-order valence-electron chi connectivity index (χ2n) is 5.70. The third-order valence-corrected chi connectivity index (χ3v) is 5.46. The number of sulfonamides is 1. The molecular weight excluding hydrogens is 408 g/mol. The second-order valence-corrected chi connectivity index (χ2v) is 8.52. The van der Waals surface area contributed by atoms with Crippen molar-refractivity contribution < 1.29 is 17.9 Å². The number of carbonyl (C=O) groups excluding carboxylic acids is 1. The van der Waals surface area contributed by atoms with Gasteiger partial charge >= 0.3 is 0 Å². The summed E-state index contributed by atoms with van der Waals surface area (Å²) in [4.78, 5) is 12.6. The molecule has 1 heterocycles. The monoisotopic (exact) mass is 424 g/mol. The highest BCUT2D eigenvalue weighted by Gasteiger charge is 2.31. The average Bonchev–Trinajstić information content (AvgIpc) is 2.74. The Morgan fingerprint density at radius 3 is 2.72 bits per heavy atom. The van der Waals surface area contributed by atoms with Crippen LogP contribution < -0.4 is 14.4 Å².